The molecule has 138 valence electrons. The number of aromatic nitrogens is 2. The summed E-state index contributed by atoms with van der Waals surface area (Å²) in [4.78, 5) is 23.8. The molecule has 3 heterocycles. The van der Waals surface area contributed by atoms with Gasteiger partial charge in [-0.2, -0.15) is 0 Å². The predicted octanol–water partition coefficient (Wildman–Crippen LogP) is 3.76. The highest BCUT2D eigenvalue weighted by Gasteiger charge is 2.25. The molecule has 0 amide bonds. The lowest BCUT2D eigenvalue weighted by Crippen LogP contribution is -2.38. The van der Waals surface area contributed by atoms with Crippen LogP contribution < -0.4 is 0 Å². The van der Waals surface area contributed by atoms with Crippen molar-refractivity contribution in [1.29, 1.82) is 0 Å². The molecule has 0 spiro atoms. The van der Waals surface area contributed by atoms with E-state index < -0.39 is 0 Å². The summed E-state index contributed by atoms with van der Waals surface area (Å²) in [6.07, 6.45) is 7.88. The van der Waals surface area contributed by atoms with Gasteiger partial charge in [-0.25, -0.2) is 9.97 Å². The van der Waals surface area contributed by atoms with Gasteiger partial charge in [0.05, 0.1) is 6.26 Å². The van der Waals surface area contributed by atoms with Gasteiger partial charge in [0.25, 0.3) is 0 Å². The van der Waals surface area contributed by atoms with Gasteiger partial charge in [-0.3, -0.25) is 9.69 Å². The van der Waals surface area contributed by atoms with Gasteiger partial charge in [0.1, 0.15) is 5.78 Å². The summed E-state index contributed by atoms with van der Waals surface area (Å²) in [5, 5.41) is 0. The van der Waals surface area contributed by atoms with Crippen molar-refractivity contribution in [3.63, 3.8) is 0 Å². The number of carbonyl (C=O) groups is 1. The molecule has 0 saturated carbocycles. The first-order valence-electron chi connectivity index (χ1n) is 9.42. The molecule has 2 aromatic heterocycles. The van der Waals surface area contributed by atoms with Crippen LogP contribution in [0.2, 0.25) is 0 Å². The molecule has 1 saturated heterocycles. The smallest absolute Gasteiger partial charge is 0.195 e. The van der Waals surface area contributed by atoms with E-state index in [0.29, 0.717) is 23.8 Å². The fourth-order valence-electron chi connectivity index (χ4n) is 3.63. The van der Waals surface area contributed by atoms with E-state index in [1.54, 1.807) is 6.26 Å². The SMILES string of the molecule is O=C(Cc1ccccc1)[C@H]1CCCN(Cc2cnc(-c3ccco3)nc2)C1. The van der Waals surface area contributed by atoms with E-state index in [4.69, 9.17) is 4.42 Å². The molecule has 1 aliphatic rings. The minimum Gasteiger partial charge on any atom is -0.461 e. The van der Waals surface area contributed by atoms with E-state index in [2.05, 4.69) is 14.9 Å². The molecule has 1 aliphatic heterocycles. The normalized spacial score (nSPS) is 17.7. The number of likely N-dealkylation sites (tertiary alicyclic amines) is 1. The third-order valence-electron chi connectivity index (χ3n) is 5.04. The Labute approximate surface area is 159 Å². The van der Waals surface area contributed by atoms with E-state index in [9.17, 15) is 4.79 Å². The number of nitrogens with zero attached hydrogens (tertiary/aromatic N) is 3. The Morgan fingerprint density at radius 2 is 1.89 bits per heavy atom. The largest absolute Gasteiger partial charge is 0.461 e. The molecule has 5 heteroatoms. The van der Waals surface area contributed by atoms with Gasteiger partial charge < -0.3 is 4.42 Å². The maximum absolute atomic E-state index is 12.7. The van der Waals surface area contributed by atoms with Crippen molar-refractivity contribution < 1.29 is 9.21 Å². The van der Waals surface area contributed by atoms with Crippen LogP contribution in [0.25, 0.3) is 11.6 Å². The molecule has 3 aromatic rings. The Kier molecular flexibility index (Phi) is 5.39. The van der Waals surface area contributed by atoms with Crippen molar-refractivity contribution in [3.05, 3.63) is 72.2 Å². The van der Waals surface area contributed by atoms with E-state index in [1.165, 1.54) is 0 Å². The number of carbonyl (C=O) groups excluding carboxylic acids is 1. The summed E-state index contributed by atoms with van der Waals surface area (Å²) < 4.78 is 5.33. The van der Waals surface area contributed by atoms with Crippen molar-refractivity contribution in [1.82, 2.24) is 14.9 Å². The molecule has 1 atom stereocenters. The summed E-state index contributed by atoms with van der Waals surface area (Å²) in [6.45, 7) is 2.59. The van der Waals surface area contributed by atoms with Crippen LogP contribution in [-0.4, -0.2) is 33.7 Å². The van der Waals surface area contributed by atoms with Crippen LogP contribution in [0.3, 0.4) is 0 Å². The Morgan fingerprint density at radius 1 is 1.07 bits per heavy atom. The Morgan fingerprint density at radius 3 is 2.63 bits per heavy atom. The van der Waals surface area contributed by atoms with Crippen LogP contribution in [0.4, 0.5) is 0 Å². The van der Waals surface area contributed by atoms with Gasteiger partial charge in [-0.05, 0) is 37.1 Å². The molecule has 1 aromatic carbocycles. The molecule has 5 nitrogen and oxygen atoms in total. The quantitative estimate of drug-likeness (QED) is 0.669. The molecule has 0 radical (unpaired) electrons. The summed E-state index contributed by atoms with van der Waals surface area (Å²) in [6, 6.07) is 13.7. The van der Waals surface area contributed by atoms with Crippen molar-refractivity contribution in [2.75, 3.05) is 13.1 Å². The molecular formula is C22H23N3O2. The lowest BCUT2D eigenvalue weighted by molar-refractivity contribution is -0.123. The van der Waals surface area contributed by atoms with E-state index >= 15 is 0 Å². The molecular weight excluding hydrogens is 338 g/mol. The summed E-state index contributed by atoms with van der Waals surface area (Å²) in [5.41, 5.74) is 2.16. The Bertz CT molecular complexity index is 860. The van der Waals surface area contributed by atoms with Crippen LogP contribution in [0.15, 0.2) is 65.5 Å². The second-order valence-corrected chi connectivity index (χ2v) is 7.10. The van der Waals surface area contributed by atoms with Crippen LogP contribution in [0, 0.1) is 5.92 Å². The standard InChI is InChI=1S/C22H23N3O2/c26-20(12-17-6-2-1-3-7-17)19-8-4-10-25(16-19)15-18-13-23-22(24-14-18)21-9-5-11-27-21/h1-3,5-7,9,11,13-14,19H,4,8,10,12,15-16H2/t19-/m0/s1. The van der Waals surface area contributed by atoms with Gasteiger partial charge in [0.2, 0.25) is 0 Å². The van der Waals surface area contributed by atoms with Crippen molar-refractivity contribution in [2.24, 2.45) is 5.92 Å². The van der Waals surface area contributed by atoms with Crippen LogP contribution in [-0.2, 0) is 17.8 Å². The first-order chi connectivity index (χ1) is 13.3. The summed E-state index contributed by atoms with van der Waals surface area (Å²) in [7, 11) is 0. The Balaban J connectivity index is 1.35. The zero-order valence-corrected chi connectivity index (χ0v) is 15.3. The molecule has 0 bridgehead atoms. The van der Waals surface area contributed by atoms with Crippen LogP contribution in [0.1, 0.15) is 24.0 Å². The zero-order chi connectivity index (χ0) is 18.5. The third kappa shape index (κ3) is 4.49. The average molecular weight is 361 g/mol. The molecule has 4 rings (SSSR count). The molecule has 1 fully saturated rings. The highest BCUT2D eigenvalue weighted by atomic mass is 16.3. The third-order valence-corrected chi connectivity index (χ3v) is 5.04. The lowest BCUT2D eigenvalue weighted by Gasteiger charge is -2.31. The first-order valence-corrected chi connectivity index (χ1v) is 9.42. The van der Waals surface area contributed by atoms with Gasteiger partial charge in [0, 0.05) is 43.4 Å². The van der Waals surface area contributed by atoms with E-state index in [-0.39, 0.29) is 5.92 Å². The average Bonchev–Trinajstić information content (AvgIpc) is 3.24. The predicted molar refractivity (Wildman–Crippen MR) is 103 cm³/mol. The Hall–Kier alpha value is -2.79. The minimum atomic E-state index is 0.113. The van der Waals surface area contributed by atoms with Gasteiger partial charge >= 0.3 is 0 Å². The number of hydrogen-bond acceptors (Lipinski definition) is 5. The monoisotopic (exact) mass is 361 g/mol. The number of ketones is 1. The first kappa shape index (κ1) is 17.6. The number of hydrogen-bond donors (Lipinski definition) is 0. The molecule has 27 heavy (non-hydrogen) atoms. The van der Waals surface area contributed by atoms with Gasteiger partial charge in [-0.1, -0.05) is 30.3 Å². The number of piperidine rings is 1. The number of benzene rings is 1. The summed E-state index contributed by atoms with van der Waals surface area (Å²) in [5.74, 6) is 1.72. The van der Waals surface area contributed by atoms with Crippen molar-refractivity contribution in [3.8, 4) is 11.6 Å². The van der Waals surface area contributed by atoms with E-state index in [0.717, 1.165) is 43.6 Å². The molecule has 0 N–H and O–H groups in total. The van der Waals surface area contributed by atoms with Gasteiger partial charge in [0.15, 0.2) is 11.6 Å². The minimum absolute atomic E-state index is 0.113. The molecule has 0 aliphatic carbocycles. The highest BCUT2D eigenvalue weighted by molar-refractivity contribution is 5.83. The van der Waals surface area contributed by atoms with Crippen LogP contribution >= 0.6 is 0 Å². The molecule has 0 unspecified atom stereocenters. The lowest BCUT2D eigenvalue weighted by atomic mass is 9.90. The van der Waals surface area contributed by atoms with E-state index in [1.807, 2.05) is 54.9 Å². The number of furan rings is 1. The zero-order valence-electron chi connectivity index (χ0n) is 15.3. The fourth-order valence-corrected chi connectivity index (χ4v) is 3.63. The maximum Gasteiger partial charge on any atom is 0.195 e. The van der Waals surface area contributed by atoms with Crippen molar-refractivity contribution in [2.45, 2.75) is 25.8 Å². The topological polar surface area (TPSA) is 59.2 Å². The number of rotatable bonds is 6. The summed E-state index contributed by atoms with van der Waals surface area (Å²) >= 11 is 0. The van der Waals surface area contributed by atoms with Crippen molar-refractivity contribution >= 4 is 5.78 Å². The fraction of sp³-hybridized carbons (Fsp3) is 0.318. The maximum atomic E-state index is 12.7. The highest BCUT2D eigenvalue weighted by Crippen LogP contribution is 2.21. The van der Waals surface area contributed by atoms with Crippen LogP contribution in [0.5, 0.6) is 0 Å². The number of Topliss-reactive ketones (excluding diaryl/α,β-unsaturated/α-hetero) is 1. The second kappa shape index (κ2) is 8.27. The second-order valence-electron chi connectivity index (χ2n) is 7.10. The van der Waals surface area contributed by atoms with Gasteiger partial charge in [-0.15, -0.1) is 0 Å².